The average molecular weight is 540 g/mol. The molecule has 0 bridgehead atoms. The van der Waals surface area contributed by atoms with Crippen LogP contribution in [0, 0.1) is 5.92 Å². The van der Waals surface area contributed by atoms with E-state index in [1.165, 1.54) is 0 Å². The fourth-order valence-electron chi connectivity index (χ4n) is 5.42. The van der Waals surface area contributed by atoms with E-state index in [1.807, 2.05) is 18.2 Å². The van der Waals surface area contributed by atoms with Crippen LogP contribution in [0.1, 0.15) is 25.1 Å². The maximum absolute atomic E-state index is 13.1. The van der Waals surface area contributed by atoms with Crippen molar-refractivity contribution >= 4 is 26.7 Å². The Morgan fingerprint density at radius 1 is 0.947 bits per heavy atom. The fourth-order valence-corrected chi connectivity index (χ4v) is 6.85. The first-order valence-corrected chi connectivity index (χ1v) is 14.9. The Labute approximate surface area is 225 Å². The van der Waals surface area contributed by atoms with Gasteiger partial charge < -0.3 is 19.6 Å². The van der Waals surface area contributed by atoms with Gasteiger partial charge in [-0.2, -0.15) is 4.31 Å². The van der Waals surface area contributed by atoms with E-state index in [1.54, 1.807) is 35.7 Å². The van der Waals surface area contributed by atoms with Gasteiger partial charge in [0, 0.05) is 64.2 Å². The van der Waals surface area contributed by atoms with Crippen LogP contribution in [-0.2, 0) is 16.4 Å². The predicted octanol–water partition coefficient (Wildman–Crippen LogP) is 2.79. The highest BCUT2D eigenvalue weighted by atomic mass is 32.2. The lowest BCUT2D eigenvalue weighted by Crippen LogP contribution is -2.49. The van der Waals surface area contributed by atoms with E-state index < -0.39 is 10.0 Å². The van der Waals surface area contributed by atoms with Crippen molar-refractivity contribution < 1.29 is 18.3 Å². The second-order valence-corrected chi connectivity index (χ2v) is 12.0. The molecule has 38 heavy (non-hydrogen) atoms. The molecular weight excluding hydrogens is 502 g/mol. The van der Waals surface area contributed by atoms with Crippen LogP contribution in [0.2, 0.25) is 0 Å². The number of hydrogen-bond donors (Lipinski definition) is 1. The first kappa shape index (κ1) is 26.8. The number of rotatable bonds is 9. The van der Waals surface area contributed by atoms with Gasteiger partial charge in [0.15, 0.2) is 0 Å². The summed E-state index contributed by atoms with van der Waals surface area (Å²) < 4.78 is 32.9. The van der Waals surface area contributed by atoms with Gasteiger partial charge >= 0.3 is 0 Å². The van der Waals surface area contributed by atoms with E-state index in [4.69, 9.17) is 14.7 Å². The highest BCUT2D eigenvalue weighted by molar-refractivity contribution is 7.89. The van der Waals surface area contributed by atoms with Gasteiger partial charge in [0.05, 0.1) is 17.5 Å². The molecular formula is C28H37N5O4S. The summed E-state index contributed by atoms with van der Waals surface area (Å²) in [4.78, 5) is 14.8. The van der Waals surface area contributed by atoms with Crippen molar-refractivity contribution in [3.63, 3.8) is 0 Å². The van der Waals surface area contributed by atoms with Crippen molar-refractivity contribution in [1.29, 1.82) is 0 Å². The Balaban J connectivity index is 1.21. The fraction of sp³-hybridized carbons (Fsp3) is 0.500. The van der Waals surface area contributed by atoms with Crippen molar-refractivity contribution in [2.45, 2.75) is 30.6 Å². The van der Waals surface area contributed by atoms with E-state index in [-0.39, 0.29) is 6.61 Å². The molecule has 1 aromatic heterocycles. The number of aromatic nitrogens is 2. The minimum absolute atomic E-state index is 0.257. The molecule has 0 aliphatic carbocycles. The molecule has 2 saturated heterocycles. The van der Waals surface area contributed by atoms with Gasteiger partial charge in [-0.25, -0.2) is 18.4 Å². The number of anilines is 1. The Morgan fingerprint density at radius 2 is 1.66 bits per heavy atom. The molecule has 1 N–H and O–H groups in total. The van der Waals surface area contributed by atoms with Crippen LogP contribution in [0.25, 0.3) is 10.9 Å². The quantitative estimate of drug-likeness (QED) is 0.443. The number of benzene rings is 2. The first-order valence-electron chi connectivity index (χ1n) is 13.5. The van der Waals surface area contributed by atoms with Crippen LogP contribution in [-0.4, -0.2) is 92.2 Å². The van der Waals surface area contributed by atoms with Crippen LogP contribution < -0.4 is 9.64 Å². The van der Waals surface area contributed by atoms with Crippen molar-refractivity contribution in [2.75, 3.05) is 64.4 Å². The summed E-state index contributed by atoms with van der Waals surface area (Å²) >= 11 is 0. The zero-order chi connectivity index (χ0) is 26.5. The van der Waals surface area contributed by atoms with E-state index in [0.717, 1.165) is 61.4 Å². The summed E-state index contributed by atoms with van der Waals surface area (Å²) in [5.41, 5.74) is 0.959. The maximum atomic E-state index is 13.1. The third kappa shape index (κ3) is 5.93. The molecule has 2 aliphatic rings. The summed E-state index contributed by atoms with van der Waals surface area (Å²) in [6.07, 6.45) is 3.72. The number of para-hydroxylation sites is 1. The lowest BCUT2D eigenvalue weighted by Gasteiger charge is -2.34. The number of methoxy groups -OCH3 is 1. The minimum atomic E-state index is -3.52. The molecule has 0 radical (unpaired) electrons. The Hall–Kier alpha value is -2.79. The molecule has 3 heterocycles. The van der Waals surface area contributed by atoms with Crippen molar-refractivity contribution in [3.8, 4) is 5.75 Å². The van der Waals surface area contributed by atoms with Crippen LogP contribution in [0.5, 0.6) is 5.75 Å². The highest BCUT2D eigenvalue weighted by Gasteiger charge is 2.29. The normalized spacial score (nSPS) is 18.2. The summed E-state index contributed by atoms with van der Waals surface area (Å²) in [6, 6.07) is 14.7. The van der Waals surface area contributed by atoms with Gasteiger partial charge in [0.1, 0.15) is 17.4 Å². The van der Waals surface area contributed by atoms with Crippen molar-refractivity contribution in [3.05, 3.63) is 54.4 Å². The van der Waals surface area contributed by atoms with Gasteiger partial charge in [-0.3, -0.25) is 0 Å². The number of piperazine rings is 1. The highest BCUT2D eigenvalue weighted by Crippen LogP contribution is 2.29. The molecule has 5 rings (SSSR count). The Kier molecular flexibility index (Phi) is 8.42. The van der Waals surface area contributed by atoms with Crippen LogP contribution in [0.15, 0.2) is 53.4 Å². The topological polar surface area (TPSA) is 99.1 Å². The van der Waals surface area contributed by atoms with Crippen molar-refractivity contribution in [2.24, 2.45) is 5.92 Å². The summed E-state index contributed by atoms with van der Waals surface area (Å²) in [5.74, 6) is 3.04. The number of piperidine rings is 1. The minimum Gasteiger partial charge on any atom is -0.497 e. The molecule has 3 aromatic rings. The summed E-state index contributed by atoms with van der Waals surface area (Å²) in [6.45, 7) is 5.19. The van der Waals surface area contributed by atoms with Gasteiger partial charge in [0.25, 0.3) is 0 Å². The molecule has 0 spiro atoms. The zero-order valence-electron chi connectivity index (χ0n) is 22.0. The van der Waals surface area contributed by atoms with E-state index in [2.05, 4.69) is 15.9 Å². The van der Waals surface area contributed by atoms with Gasteiger partial charge in [0.2, 0.25) is 10.0 Å². The van der Waals surface area contributed by atoms with E-state index in [9.17, 15) is 13.5 Å². The second-order valence-electron chi connectivity index (χ2n) is 10.1. The number of hydrogen-bond acceptors (Lipinski definition) is 8. The molecule has 204 valence electrons. The third-order valence-electron chi connectivity index (χ3n) is 7.76. The van der Waals surface area contributed by atoms with Crippen LogP contribution >= 0.6 is 0 Å². The number of ether oxygens (including phenoxy) is 1. The number of aliphatic hydroxyl groups is 1. The van der Waals surface area contributed by atoms with Gasteiger partial charge in [-0.1, -0.05) is 12.1 Å². The standard InChI is InChI=1S/C28H37N5O4S/c1-37-23-6-8-24(9-7-23)38(35,36)33-19-17-31(18-20-33)14-12-27-29-26-5-3-2-4-25(26)28(30-27)32-15-10-22(11-16-32)13-21-34/h2-9,22,34H,10-21H2,1H3. The first-order chi connectivity index (χ1) is 18.5. The number of nitrogens with zero attached hydrogens (tertiary/aromatic N) is 5. The Bertz CT molecular complexity index is 1320. The SMILES string of the molecule is COc1ccc(S(=O)(=O)N2CCN(CCc3nc(N4CCC(CCO)CC4)c4ccccc4n3)CC2)cc1. The molecule has 2 aromatic carbocycles. The summed E-state index contributed by atoms with van der Waals surface area (Å²) in [7, 11) is -1.96. The molecule has 0 amide bonds. The van der Waals surface area contributed by atoms with Crippen LogP contribution in [0.4, 0.5) is 5.82 Å². The lowest BCUT2D eigenvalue weighted by molar-refractivity contribution is 0.189. The van der Waals surface area contributed by atoms with Gasteiger partial charge in [-0.15, -0.1) is 0 Å². The van der Waals surface area contributed by atoms with Crippen molar-refractivity contribution in [1.82, 2.24) is 19.2 Å². The number of aliphatic hydroxyl groups excluding tert-OH is 1. The third-order valence-corrected chi connectivity index (χ3v) is 9.67. The molecule has 0 unspecified atom stereocenters. The van der Waals surface area contributed by atoms with Gasteiger partial charge in [-0.05, 0) is 61.6 Å². The smallest absolute Gasteiger partial charge is 0.243 e. The monoisotopic (exact) mass is 539 g/mol. The maximum Gasteiger partial charge on any atom is 0.243 e. The average Bonchev–Trinajstić information content (AvgIpc) is 2.96. The molecule has 9 nitrogen and oxygen atoms in total. The molecule has 10 heteroatoms. The Morgan fingerprint density at radius 3 is 2.34 bits per heavy atom. The largest absolute Gasteiger partial charge is 0.497 e. The molecule has 2 aliphatic heterocycles. The molecule has 0 saturated carbocycles. The zero-order valence-corrected chi connectivity index (χ0v) is 22.8. The lowest BCUT2D eigenvalue weighted by atomic mass is 9.94. The van der Waals surface area contributed by atoms with Crippen LogP contribution in [0.3, 0.4) is 0 Å². The molecule has 0 atom stereocenters. The second kappa shape index (κ2) is 11.9. The number of fused-ring (bicyclic) bond motifs is 1. The molecule has 2 fully saturated rings. The predicted molar refractivity (Wildman–Crippen MR) is 148 cm³/mol. The van der Waals surface area contributed by atoms with E-state index >= 15 is 0 Å². The summed E-state index contributed by atoms with van der Waals surface area (Å²) in [5, 5.41) is 10.4. The van der Waals surface area contributed by atoms with E-state index in [0.29, 0.717) is 49.2 Å². The number of sulfonamides is 1.